The van der Waals surface area contributed by atoms with E-state index < -0.39 is 10.1 Å². The Kier molecular flexibility index (Phi) is 18.2. The van der Waals surface area contributed by atoms with Crippen LogP contribution < -0.4 is 31.9 Å². The van der Waals surface area contributed by atoms with Gasteiger partial charge in [0.1, 0.15) is 4.90 Å². The number of anilines is 10. The van der Waals surface area contributed by atoms with Gasteiger partial charge in [0.05, 0.1) is 0 Å². The molecule has 20 heteroatoms. The molecule has 17 nitrogen and oxygen atoms in total. The molecule has 0 bridgehead atoms. The molecule has 0 saturated heterocycles. The molecule has 6 rings (SSSR count). The molecular weight excluding hydrogens is 783 g/mol. The molecule has 0 radical (unpaired) electrons. The van der Waals surface area contributed by atoms with E-state index in [0.29, 0.717) is 49.2 Å². The second-order valence-electron chi connectivity index (χ2n) is 12.0. The number of aliphatic hydroxyl groups excluding tert-OH is 2. The number of nitrogens with one attached hydrogen (secondary N) is 6. The van der Waals surface area contributed by atoms with Gasteiger partial charge >= 0.3 is 59.1 Å². The van der Waals surface area contributed by atoms with Gasteiger partial charge in [0.25, 0.3) is 10.1 Å². The minimum absolute atomic E-state index is 0. The van der Waals surface area contributed by atoms with Crippen molar-refractivity contribution in [3.05, 3.63) is 114 Å². The van der Waals surface area contributed by atoms with Crippen molar-refractivity contribution in [3.63, 3.8) is 0 Å². The molecule has 2 aromatic heterocycles. The van der Waals surface area contributed by atoms with E-state index in [1.165, 1.54) is 6.07 Å². The van der Waals surface area contributed by atoms with Crippen LogP contribution >= 0.6 is 0 Å². The molecule has 0 atom stereocenters. The van der Waals surface area contributed by atoms with Gasteiger partial charge in [0, 0.05) is 49.1 Å². The summed E-state index contributed by atoms with van der Waals surface area (Å²) in [6.45, 7) is 0.906. The van der Waals surface area contributed by atoms with Crippen LogP contribution in [0.2, 0.25) is 0 Å². The first-order valence-corrected chi connectivity index (χ1v) is 19.0. The van der Waals surface area contributed by atoms with Crippen molar-refractivity contribution in [2.75, 3.05) is 58.2 Å². The number of hydrogen-bond acceptors (Lipinski definition) is 16. The summed E-state index contributed by atoms with van der Waals surface area (Å²) in [6.07, 6.45) is 4.30. The Bertz CT molecular complexity index is 2350. The van der Waals surface area contributed by atoms with Crippen LogP contribution in [0.4, 0.5) is 58.4 Å². The van der Waals surface area contributed by atoms with Crippen molar-refractivity contribution >= 4 is 140 Å². The van der Waals surface area contributed by atoms with E-state index in [2.05, 4.69) is 61.8 Å². The van der Waals surface area contributed by atoms with E-state index in [4.69, 9.17) is 0 Å². The quantitative estimate of drug-likeness (QED) is 0.0232. The predicted molar refractivity (Wildman–Crippen MR) is 232 cm³/mol. The van der Waals surface area contributed by atoms with Gasteiger partial charge in [-0.1, -0.05) is 66.7 Å². The fourth-order valence-corrected chi connectivity index (χ4v) is 5.80. The van der Waals surface area contributed by atoms with Crippen LogP contribution in [0, 0.1) is 0 Å². The molecule has 9 N–H and O–H groups in total. The van der Waals surface area contributed by atoms with E-state index in [9.17, 15) is 23.2 Å². The van der Waals surface area contributed by atoms with Crippen molar-refractivity contribution in [1.29, 1.82) is 0 Å². The molecule has 292 valence electrons. The summed E-state index contributed by atoms with van der Waals surface area (Å²) in [5.41, 5.74) is 3.52. The number of nitrogens with zero attached hydrogens (tertiary/aromatic N) is 6. The molecule has 2 heterocycles. The standard InChI is InChI=1S/C38H40N12O5S.2Na.2H/c51-23-7-21-39-33-45-35(41-28-9-3-1-4-10-28)49-37(47-33)43-30-18-14-26(15-19-30)13-16-27-17-20-31(25-32(27)56(53,54)55)44-38-48-34(40-22-8-24-52)46-36(50-38)42-29-11-5-2-6-12-29;;;;/h1-6,9-20,25,51-52H,7-8,21-24H2,(H,53,54,55)(H3,39,41,43,45,47,49)(H3,40,42,44,46,48,50);;;;. The number of rotatable bonds is 19. The minimum atomic E-state index is -4.65. The van der Waals surface area contributed by atoms with Gasteiger partial charge in [0.2, 0.25) is 35.7 Å². The maximum absolute atomic E-state index is 12.5. The molecule has 0 saturated carbocycles. The molecule has 0 unspecified atom stereocenters. The van der Waals surface area contributed by atoms with Gasteiger partial charge in [-0.2, -0.15) is 38.3 Å². The van der Waals surface area contributed by atoms with Crippen LogP contribution in [0.3, 0.4) is 0 Å². The number of hydrogen-bond donors (Lipinski definition) is 9. The topological polar surface area (TPSA) is 244 Å². The summed E-state index contributed by atoms with van der Waals surface area (Å²) in [5, 5.41) is 37.0. The summed E-state index contributed by atoms with van der Waals surface area (Å²) in [7, 11) is -4.65. The van der Waals surface area contributed by atoms with Crippen molar-refractivity contribution in [3.8, 4) is 0 Å². The molecule has 6 aromatic rings. The van der Waals surface area contributed by atoms with Crippen LogP contribution in [-0.2, 0) is 10.1 Å². The fraction of sp³-hybridized carbons (Fsp3) is 0.158. The molecule has 0 spiro atoms. The van der Waals surface area contributed by atoms with Gasteiger partial charge in [0.15, 0.2) is 0 Å². The van der Waals surface area contributed by atoms with Gasteiger partial charge < -0.3 is 42.1 Å². The third kappa shape index (κ3) is 14.3. The number of aromatic nitrogens is 6. The third-order valence-corrected chi connectivity index (χ3v) is 8.65. The summed E-state index contributed by atoms with van der Waals surface area (Å²) in [5.74, 6) is 1.51. The Morgan fingerprint density at radius 1 is 0.500 bits per heavy atom. The Labute approximate surface area is 380 Å². The Balaban J connectivity index is 0.00000372. The zero-order valence-corrected chi connectivity index (χ0v) is 30.8. The van der Waals surface area contributed by atoms with Crippen molar-refractivity contribution < 1.29 is 23.2 Å². The summed E-state index contributed by atoms with van der Waals surface area (Å²) in [4.78, 5) is 26.3. The Morgan fingerprint density at radius 2 is 0.897 bits per heavy atom. The monoisotopic (exact) mass is 824 g/mol. The van der Waals surface area contributed by atoms with Crippen LogP contribution in [0.1, 0.15) is 24.0 Å². The first-order valence-electron chi connectivity index (χ1n) is 17.5. The summed E-state index contributed by atoms with van der Waals surface area (Å²) >= 11 is 0. The van der Waals surface area contributed by atoms with E-state index in [1.54, 1.807) is 24.3 Å². The Morgan fingerprint density at radius 3 is 1.33 bits per heavy atom. The first-order chi connectivity index (χ1) is 27.2. The van der Waals surface area contributed by atoms with Crippen molar-refractivity contribution in [1.82, 2.24) is 29.9 Å². The number of para-hydroxylation sites is 2. The van der Waals surface area contributed by atoms with Gasteiger partial charge in [-0.25, -0.2) is 0 Å². The van der Waals surface area contributed by atoms with E-state index in [0.717, 1.165) is 16.9 Å². The summed E-state index contributed by atoms with van der Waals surface area (Å²) < 4.78 is 35.2. The molecule has 4 aromatic carbocycles. The third-order valence-electron chi connectivity index (χ3n) is 7.74. The molecule has 0 aliphatic carbocycles. The molecule has 0 aliphatic rings. The summed E-state index contributed by atoms with van der Waals surface area (Å²) in [6, 6.07) is 30.5. The number of aliphatic hydroxyl groups is 2. The molecule has 0 aliphatic heterocycles. The average molecular weight is 825 g/mol. The zero-order chi connectivity index (χ0) is 39.2. The molecular formula is C38H42N12Na2O5S. The van der Waals surface area contributed by atoms with E-state index in [1.807, 2.05) is 84.9 Å². The zero-order valence-electron chi connectivity index (χ0n) is 30.0. The first kappa shape index (κ1) is 46.0. The SMILES string of the molecule is O=S(=O)(O)c1cc(Nc2nc(NCCCO)nc(Nc3ccccc3)n2)ccc1C=Cc1ccc(Nc2nc(NCCCO)nc(Nc3ccccc3)n2)cc1.[NaH].[NaH]. The molecule has 0 amide bonds. The second-order valence-corrected chi connectivity index (χ2v) is 13.4. The normalized spacial score (nSPS) is 10.9. The van der Waals surface area contributed by atoms with Crippen LogP contribution in [0.15, 0.2) is 108 Å². The molecule has 0 fully saturated rings. The van der Waals surface area contributed by atoms with Gasteiger partial charge in [-0.15, -0.1) is 0 Å². The number of benzene rings is 4. The maximum atomic E-state index is 12.5. The average Bonchev–Trinajstić information content (AvgIpc) is 3.18. The van der Waals surface area contributed by atoms with Gasteiger partial charge in [-0.05, 0) is 72.5 Å². The molecule has 58 heavy (non-hydrogen) atoms. The van der Waals surface area contributed by atoms with Crippen molar-refractivity contribution in [2.45, 2.75) is 17.7 Å². The van der Waals surface area contributed by atoms with E-state index in [-0.39, 0.29) is 107 Å². The second kappa shape index (κ2) is 23.0. The van der Waals surface area contributed by atoms with Crippen LogP contribution in [0.25, 0.3) is 12.2 Å². The fourth-order valence-electron chi connectivity index (χ4n) is 5.09. The predicted octanol–water partition coefficient (Wildman–Crippen LogP) is 4.74. The van der Waals surface area contributed by atoms with Crippen molar-refractivity contribution in [2.24, 2.45) is 0 Å². The van der Waals surface area contributed by atoms with Gasteiger partial charge in [-0.3, -0.25) is 4.55 Å². The Hall–Kier alpha value is -4.73. The van der Waals surface area contributed by atoms with Crippen LogP contribution in [0.5, 0.6) is 0 Å². The van der Waals surface area contributed by atoms with E-state index >= 15 is 0 Å². The van der Waals surface area contributed by atoms with Crippen LogP contribution in [-0.4, -0.2) is 139 Å².